The van der Waals surface area contributed by atoms with Gasteiger partial charge < -0.3 is 14.4 Å². The van der Waals surface area contributed by atoms with Crippen molar-refractivity contribution < 1.29 is 27.8 Å². The maximum atomic E-state index is 13.5. The van der Waals surface area contributed by atoms with Crippen LogP contribution in [0, 0.1) is 6.92 Å². The molecule has 0 amide bonds. The highest BCUT2D eigenvalue weighted by Crippen LogP contribution is 2.40. The number of rotatable bonds is 6. The van der Waals surface area contributed by atoms with Crippen molar-refractivity contribution in [2.75, 3.05) is 0 Å². The van der Waals surface area contributed by atoms with E-state index in [1.54, 1.807) is 47.9 Å². The van der Waals surface area contributed by atoms with Gasteiger partial charge >= 0.3 is 12.1 Å². The maximum Gasteiger partial charge on any atom is 0.416 e. The Morgan fingerprint density at radius 2 is 1.79 bits per heavy atom. The Bertz CT molecular complexity index is 1360. The molecule has 0 spiro atoms. The number of halogens is 4. The second kappa shape index (κ2) is 9.06. The lowest BCUT2D eigenvalue weighted by atomic mass is 10.0. The second-order valence-corrected chi connectivity index (χ2v) is 8.32. The Morgan fingerprint density at radius 1 is 1.09 bits per heavy atom. The van der Waals surface area contributed by atoms with Gasteiger partial charge in [0.1, 0.15) is 5.75 Å². The first kappa shape index (κ1) is 23.7. The molecule has 0 aliphatic rings. The predicted molar refractivity (Wildman–Crippen MR) is 126 cm³/mol. The van der Waals surface area contributed by atoms with E-state index in [0.717, 1.165) is 29.0 Å². The minimum atomic E-state index is -4.50. The third-order valence-corrected chi connectivity index (χ3v) is 5.92. The molecular formula is C26H21ClF3NO3. The number of benzene rings is 3. The zero-order chi connectivity index (χ0) is 24.6. The van der Waals surface area contributed by atoms with Crippen molar-refractivity contribution in [2.45, 2.75) is 32.5 Å². The molecule has 0 saturated carbocycles. The van der Waals surface area contributed by atoms with Gasteiger partial charge in [-0.15, -0.1) is 0 Å². The van der Waals surface area contributed by atoms with Gasteiger partial charge in [-0.1, -0.05) is 42.8 Å². The van der Waals surface area contributed by atoms with Crippen molar-refractivity contribution in [3.63, 3.8) is 0 Å². The van der Waals surface area contributed by atoms with E-state index in [9.17, 15) is 23.1 Å². The fourth-order valence-electron chi connectivity index (χ4n) is 4.07. The maximum absolute atomic E-state index is 13.5. The number of alkyl halides is 3. The number of ether oxygens (including phenoxy) is 1. The van der Waals surface area contributed by atoms with Crippen LogP contribution in [0.1, 0.15) is 24.6 Å². The number of nitrogens with zero attached hydrogens (tertiary/aromatic N) is 1. The minimum absolute atomic E-state index is 0.265. The van der Waals surface area contributed by atoms with Gasteiger partial charge in [-0.2, -0.15) is 13.2 Å². The van der Waals surface area contributed by atoms with E-state index >= 15 is 0 Å². The summed E-state index contributed by atoms with van der Waals surface area (Å²) in [5.74, 6) is -0.775. The van der Waals surface area contributed by atoms with Crippen molar-refractivity contribution in [3.05, 3.63) is 83.0 Å². The molecule has 34 heavy (non-hydrogen) atoms. The van der Waals surface area contributed by atoms with E-state index in [0.29, 0.717) is 27.4 Å². The van der Waals surface area contributed by atoms with E-state index < -0.39 is 23.8 Å². The molecule has 4 aromatic rings. The summed E-state index contributed by atoms with van der Waals surface area (Å²) in [4.78, 5) is 11.4. The first-order valence-electron chi connectivity index (χ1n) is 10.6. The van der Waals surface area contributed by atoms with Crippen molar-refractivity contribution in [2.24, 2.45) is 0 Å². The van der Waals surface area contributed by atoms with E-state index in [2.05, 4.69) is 0 Å². The third kappa shape index (κ3) is 4.48. The predicted octanol–water partition coefficient (Wildman–Crippen LogP) is 7.52. The van der Waals surface area contributed by atoms with Crippen molar-refractivity contribution in [3.8, 4) is 22.6 Å². The van der Waals surface area contributed by atoms with E-state index in [1.165, 1.54) is 6.07 Å². The zero-order valence-corrected chi connectivity index (χ0v) is 19.1. The second-order valence-electron chi connectivity index (χ2n) is 7.88. The fraction of sp³-hybridized carbons (Fsp3) is 0.192. The molecule has 4 rings (SSSR count). The number of carboxylic acid groups (broad SMARTS) is 1. The molecule has 0 aliphatic carbocycles. The average Bonchev–Trinajstić information content (AvgIpc) is 3.08. The van der Waals surface area contributed by atoms with Crippen LogP contribution < -0.4 is 4.74 Å². The molecule has 176 valence electrons. The third-order valence-electron chi connectivity index (χ3n) is 5.67. The molecule has 0 saturated heterocycles. The lowest BCUT2D eigenvalue weighted by Crippen LogP contribution is -2.25. The van der Waals surface area contributed by atoms with Gasteiger partial charge in [0, 0.05) is 33.4 Å². The molecule has 1 aromatic heterocycles. The Kier molecular flexibility index (Phi) is 6.32. The summed E-state index contributed by atoms with van der Waals surface area (Å²) in [7, 11) is 0. The fourth-order valence-corrected chi connectivity index (χ4v) is 4.20. The van der Waals surface area contributed by atoms with Crippen molar-refractivity contribution in [1.82, 2.24) is 4.57 Å². The van der Waals surface area contributed by atoms with Gasteiger partial charge in [-0.3, -0.25) is 0 Å². The quantitative estimate of drug-likeness (QED) is 0.306. The van der Waals surface area contributed by atoms with E-state index in [1.807, 2.05) is 19.1 Å². The van der Waals surface area contributed by atoms with Crippen LogP contribution in [0.4, 0.5) is 13.2 Å². The Labute approximate surface area is 199 Å². The first-order chi connectivity index (χ1) is 16.1. The number of carbonyl (C=O) groups is 1. The number of fused-ring (bicyclic) bond motifs is 1. The smallest absolute Gasteiger partial charge is 0.416 e. The van der Waals surface area contributed by atoms with Crippen LogP contribution in [0.2, 0.25) is 5.02 Å². The van der Waals surface area contributed by atoms with Crippen molar-refractivity contribution >= 4 is 28.5 Å². The number of hydrogen-bond donors (Lipinski definition) is 1. The molecule has 1 N–H and O–H groups in total. The molecule has 0 bridgehead atoms. The SMILES string of the molecule is CCC(Oc1cccc(-n2c(C)c(-c3ccc(Cl)cc3)c3ccc(C(F)(F)F)cc32)c1)C(=O)O. The van der Waals surface area contributed by atoms with Gasteiger partial charge in [0.05, 0.1) is 11.1 Å². The van der Waals surface area contributed by atoms with E-state index in [-0.39, 0.29) is 6.42 Å². The number of aromatic nitrogens is 1. The Hall–Kier alpha value is -3.45. The molecular weight excluding hydrogens is 467 g/mol. The highest BCUT2D eigenvalue weighted by Gasteiger charge is 2.31. The normalized spacial score (nSPS) is 12.6. The van der Waals surface area contributed by atoms with Gasteiger partial charge in [0.2, 0.25) is 0 Å². The molecule has 0 fully saturated rings. The molecule has 1 unspecified atom stereocenters. The summed E-state index contributed by atoms with van der Waals surface area (Å²) in [6.45, 7) is 3.53. The summed E-state index contributed by atoms with van der Waals surface area (Å²) in [5, 5.41) is 10.5. The molecule has 0 aliphatic heterocycles. The highest BCUT2D eigenvalue weighted by molar-refractivity contribution is 6.30. The summed E-state index contributed by atoms with van der Waals surface area (Å²) >= 11 is 6.04. The van der Waals surface area contributed by atoms with Gasteiger partial charge in [0.15, 0.2) is 6.10 Å². The van der Waals surface area contributed by atoms with Crippen LogP contribution in [-0.2, 0) is 11.0 Å². The molecule has 0 radical (unpaired) electrons. The topological polar surface area (TPSA) is 51.5 Å². The standard InChI is InChI=1S/C26H21ClF3NO3/c1-3-23(25(32)33)34-20-6-4-5-19(14-20)31-15(2)24(16-7-10-18(27)11-8-16)21-12-9-17(13-22(21)31)26(28,29)30/h4-14,23H,3H2,1-2H3,(H,32,33). The van der Waals surface area contributed by atoms with Crippen LogP contribution in [0.3, 0.4) is 0 Å². The summed E-state index contributed by atoms with van der Waals surface area (Å²) in [5.41, 5.74) is 2.49. The zero-order valence-electron chi connectivity index (χ0n) is 18.4. The average molecular weight is 488 g/mol. The molecule has 1 heterocycles. The molecule has 4 nitrogen and oxygen atoms in total. The number of hydrogen-bond acceptors (Lipinski definition) is 2. The van der Waals surface area contributed by atoms with Crippen LogP contribution in [-0.4, -0.2) is 21.7 Å². The van der Waals surface area contributed by atoms with Crippen LogP contribution >= 0.6 is 11.6 Å². The Balaban J connectivity index is 1.95. The molecule has 8 heteroatoms. The van der Waals surface area contributed by atoms with Crippen LogP contribution in [0.15, 0.2) is 66.7 Å². The lowest BCUT2D eigenvalue weighted by molar-refractivity contribution is -0.145. The van der Waals surface area contributed by atoms with Gasteiger partial charge in [0.25, 0.3) is 0 Å². The van der Waals surface area contributed by atoms with Crippen molar-refractivity contribution in [1.29, 1.82) is 0 Å². The number of aliphatic carboxylic acids is 1. The summed E-state index contributed by atoms with van der Waals surface area (Å²) < 4.78 is 48.0. The van der Waals surface area contributed by atoms with Crippen LogP contribution in [0.25, 0.3) is 27.7 Å². The van der Waals surface area contributed by atoms with Gasteiger partial charge in [-0.05, 0) is 55.3 Å². The van der Waals surface area contributed by atoms with E-state index in [4.69, 9.17) is 16.3 Å². The first-order valence-corrected chi connectivity index (χ1v) is 11.0. The number of carboxylic acids is 1. The monoisotopic (exact) mass is 487 g/mol. The largest absolute Gasteiger partial charge is 0.479 e. The summed E-state index contributed by atoms with van der Waals surface area (Å²) in [6, 6.07) is 17.5. The molecule has 3 aromatic carbocycles. The summed E-state index contributed by atoms with van der Waals surface area (Å²) in [6.07, 6.45) is -5.27. The van der Waals surface area contributed by atoms with Crippen LogP contribution in [0.5, 0.6) is 5.75 Å². The minimum Gasteiger partial charge on any atom is -0.479 e. The highest BCUT2D eigenvalue weighted by atomic mass is 35.5. The Morgan fingerprint density at radius 3 is 2.41 bits per heavy atom. The van der Waals surface area contributed by atoms with Gasteiger partial charge in [-0.25, -0.2) is 4.79 Å². The molecule has 1 atom stereocenters. The lowest BCUT2D eigenvalue weighted by Gasteiger charge is -2.15.